The van der Waals surface area contributed by atoms with Crippen molar-refractivity contribution < 1.29 is 4.79 Å². The SMILES string of the molecule is NC1(CC(=O)N2CCCN3CCCC3C2)CCCCC1. The molecule has 2 N–H and O–H groups in total. The van der Waals surface area contributed by atoms with E-state index in [0.29, 0.717) is 18.4 Å². The molecule has 3 aliphatic rings. The van der Waals surface area contributed by atoms with E-state index in [2.05, 4.69) is 9.80 Å². The maximum Gasteiger partial charge on any atom is 0.224 e. The first-order valence-electron chi connectivity index (χ1n) is 8.47. The van der Waals surface area contributed by atoms with Crippen LogP contribution in [0.15, 0.2) is 0 Å². The van der Waals surface area contributed by atoms with E-state index in [1.165, 1.54) is 45.2 Å². The van der Waals surface area contributed by atoms with Gasteiger partial charge in [-0.05, 0) is 38.6 Å². The highest BCUT2D eigenvalue weighted by Gasteiger charge is 2.35. The van der Waals surface area contributed by atoms with Crippen LogP contribution in [0.2, 0.25) is 0 Å². The van der Waals surface area contributed by atoms with Crippen molar-refractivity contribution in [2.24, 2.45) is 5.73 Å². The van der Waals surface area contributed by atoms with E-state index in [4.69, 9.17) is 5.73 Å². The summed E-state index contributed by atoms with van der Waals surface area (Å²) in [6.45, 7) is 4.27. The van der Waals surface area contributed by atoms with Gasteiger partial charge in [-0.15, -0.1) is 0 Å². The van der Waals surface area contributed by atoms with Crippen LogP contribution in [-0.4, -0.2) is 53.5 Å². The van der Waals surface area contributed by atoms with Crippen molar-refractivity contribution in [2.75, 3.05) is 26.2 Å². The van der Waals surface area contributed by atoms with Crippen molar-refractivity contribution >= 4 is 5.91 Å². The molecule has 1 atom stereocenters. The molecule has 3 rings (SSSR count). The molecule has 2 saturated heterocycles. The van der Waals surface area contributed by atoms with Crippen LogP contribution in [0.4, 0.5) is 0 Å². The number of hydrogen-bond donors (Lipinski definition) is 1. The zero-order valence-corrected chi connectivity index (χ0v) is 12.6. The largest absolute Gasteiger partial charge is 0.341 e. The first kappa shape index (κ1) is 14.3. The second-order valence-electron chi connectivity index (χ2n) is 7.13. The Morgan fingerprint density at radius 3 is 2.60 bits per heavy atom. The summed E-state index contributed by atoms with van der Waals surface area (Å²) in [5, 5.41) is 0. The molecule has 4 heteroatoms. The van der Waals surface area contributed by atoms with Gasteiger partial charge in [-0.25, -0.2) is 0 Å². The van der Waals surface area contributed by atoms with Crippen molar-refractivity contribution in [2.45, 2.75) is 69.4 Å². The first-order chi connectivity index (χ1) is 9.66. The van der Waals surface area contributed by atoms with Crippen LogP contribution in [0.5, 0.6) is 0 Å². The molecule has 3 fully saturated rings. The Balaban J connectivity index is 1.58. The molecule has 0 aromatic rings. The highest BCUT2D eigenvalue weighted by atomic mass is 16.2. The summed E-state index contributed by atoms with van der Waals surface area (Å²) in [6, 6.07) is 0.613. The highest BCUT2D eigenvalue weighted by Crippen LogP contribution is 2.30. The summed E-state index contributed by atoms with van der Waals surface area (Å²) in [7, 11) is 0. The van der Waals surface area contributed by atoms with Gasteiger partial charge in [0.25, 0.3) is 0 Å². The van der Waals surface area contributed by atoms with Gasteiger partial charge in [0.15, 0.2) is 0 Å². The van der Waals surface area contributed by atoms with Crippen molar-refractivity contribution in [3.05, 3.63) is 0 Å². The van der Waals surface area contributed by atoms with Crippen LogP contribution < -0.4 is 5.73 Å². The molecule has 4 nitrogen and oxygen atoms in total. The molecule has 2 aliphatic heterocycles. The summed E-state index contributed by atoms with van der Waals surface area (Å²) >= 11 is 0. The highest BCUT2D eigenvalue weighted by molar-refractivity contribution is 5.77. The van der Waals surface area contributed by atoms with Gasteiger partial charge in [-0.1, -0.05) is 19.3 Å². The Hall–Kier alpha value is -0.610. The van der Waals surface area contributed by atoms with Gasteiger partial charge >= 0.3 is 0 Å². The molecule has 1 saturated carbocycles. The van der Waals surface area contributed by atoms with Crippen LogP contribution in [0.3, 0.4) is 0 Å². The third-order valence-corrected chi connectivity index (χ3v) is 5.51. The quantitative estimate of drug-likeness (QED) is 0.837. The number of amides is 1. The molecule has 0 aromatic heterocycles. The Morgan fingerprint density at radius 1 is 1.05 bits per heavy atom. The number of carbonyl (C=O) groups excluding carboxylic acids is 1. The molecule has 0 aromatic carbocycles. The first-order valence-corrected chi connectivity index (χ1v) is 8.47. The maximum atomic E-state index is 12.6. The Morgan fingerprint density at radius 2 is 1.80 bits per heavy atom. The van der Waals surface area contributed by atoms with E-state index in [1.54, 1.807) is 0 Å². The van der Waals surface area contributed by atoms with Gasteiger partial charge in [0, 0.05) is 37.6 Å². The van der Waals surface area contributed by atoms with E-state index in [9.17, 15) is 4.79 Å². The van der Waals surface area contributed by atoms with E-state index in [0.717, 1.165) is 32.4 Å². The van der Waals surface area contributed by atoms with Crippen LogP contribution in [0.1, 0.15) is 57.8 Å². The van der Waals surface area contributed by atoms with Crippen LogP contribution in [0.25, 0.3) is 0 Å². The van der Waals surface area contributed by atoms with Crippen LogP contribution in [0, 0.1) is 0 Å². The molecule has 0 spiro atoms. The van der Waals surface area contributed by atoms with Gasteiger partial charge in [-0.2, -0.15) is 0 Å². The van der Waals surface area contributed by atoms with Gasteiger partial charge < -0.3 is 10.6 Å². The van der Waals surface area contributed by atoms with Gasteiger partial charge in [-0.3, -0.25) is 9.69 Å². The van der Waals surface area contributed by atoms with Crippen molar-refractivity contribution in [3.8, 4) is 0 Å². The molecule has 0 bridgehead atoms. The lowest BCUT2D eigenvalue weighted by atomic mass is 9.80. The molecule has 0 radical (unpaired) electrons. The standard InChI is InChI=1S/C16H29N3O/c17-16(7-2-1-3-8-16)12-15(20)19-11-5-10-18-9-4-6-14(18)13-19/h14H,1-13,17H2. The molecule has 1 aliphatic carbocycles. The molecule has 1 unspecified atom stereocenters. The predicted octanol–water partition coefficient (Wildman–Crippen LogP) is 1.73. The average Bonchev–Trinajstić information content (AvgIpc) is 2.76. The summed E-state index contributed by atoms with van der Waals surface area (Å²) in [5.74, 6) is 0.308. The Labute approximate surface area is 122 Å². The van der Waals surface area contributed by atoms with Crippen LogP contribution in [-0.2, 0) is 4.79 Å². The minimum absolute atomic E-state index is 0.211. The maximum absolute atomic E-state index is 12.6. The normalized spacial score (nSPS) is 30.9. The summed E-state index contributed by atoms with van der Waals surface area (Å²) in [6.07, 6.45) is 9.99. The zero-order valence-electron chi connectivity index (χ0n) is 12.6. The molecular weight excluding hydrogens is 250 g/mol. The van der Waals surface area contributed by atoms with Crippen LogP contribution >= 0.6 is 0 Å². The molecule has 114 valence electrons. The number of rotatable bonds is 2. The second-order valence-corrected chi connectivity index (χ2v) is 7.13. The molecular formula is C16H29N3O. The van der Waals surface area contributed by atoms with E-state index >= 15 is 0 Å². The van der Waals surface area contributed by atoms with E-state index < -0.39 is 0 Å². The fourth-order valence-electron chi connectivity index (χ4n) is 4.28. The molecule has 2 heterocycles. The number of fused-ring (bicyclic) bond motifs is 1. The molecule has 1 amide bonds. The van der Waals surface area contributed by atoms with E-state index in [1.807, 2.05) is 0 Å². The third-order valence-electron chi connectivity index (χ3n) is 5.51. The third kappa shape index (κ3) is 3.17. The monoisotopic (exact) mass is 279 g/mol. The van der Waals surface area contributed by atoms with Gasteiger partial charge in [0.2, 0.25) is 5.91 Å². The molecule has 20 heavy (non-hydrogen) atoms. The number of nitrogens with two attached hydrogens (primary N) is 1. The summed E-state index contributed by atoms with van der Waals surface area (Å²) < 4.78 is 0. The van der Waals surface area contributed by atoms with E-state index in [-0.39, 0.29) is 5.54 Å². The summed E-state index contributed by atoms with van der Waals surface area (Å²) in [5.41, 5.74) is 6.24. The fourth-order valence-corrected chi connectivity index (χ4v) is 4.28. The topological polar surface area (TPSA) is 49.6 Å². The minimum Gasteiger partial charge on any atom is -0.341 e. The lowest BCUT2D eigenvalue weighted by molar-refractivity contribution is -0.133. The average molecular weight is 279 g/mol. The smallest absolute Gasteiger partial charge is 0.224 e. The number of hydrogen-bond acceptors (Lipinski definition) is 3. The summed E-state index contributed by atoms with van der Waals surface area (Å²) in [4.78, 5) is 17.3. The lowest BCUT2D eigenvalue weighted by Gasteiger charge is -2.35. The van der Waals surface area contributed by atoms with Crippen molar-refractivity contribution in [3.63, 3.8) is 0 Å². The zero-order chi connectivity index (χ0) is 14.0. The fraction of sp³-hybridized carbons (Fsp3) is 0.938. The Bertz CT molecular complexity index is 352. The minimum atomic E-state index is -0.211. The van der Waals surface area contributed by atoms with Gasteiger partial charge in [0.1, 0.15) is 0 Å². The number of nitrogens with zero attached hydrogens (tertiary/aromatic N) is 2. The van der Waals surface area contributed by atoms with Crippen molar-refractivity contribution in [1.82, 2.24) is 9.80 Å². The second kappa shape index (κ2) is 6.02. The predicted molar refractivity (Wildman–Crippen MR) is 80.4 cm³/mol. The number of carbonyl (C=O) groups is 1. The lowest BCUT2D eigenvalue weighted by Crippen LogP contribution is -2.48. The van der Waals surface area contributed by atoms with Crippen molar-refractivity contribution in [1.29, 1.82) is 0 Å². The van der Waals surface area contributed by atoms with Gasteiger partial charge in [0.05, 0.1) is 0 Å². The Kier molecular flexibility index (Phi) is 4.32.